The zero-order valence-electron chi connectivity index (χ0n) is 15.6. The van der Waals surface area contributed by atoms with Crippen molar-refractivity contribution in [3.05, 3.63) is 58.9 Å². The normalized spacial score (nSPS) is 12.3. The van der Waals surface area contributed by atoms with Crippen LogP contribution in [0.4, 0.5) is 0 Å². The van der Waals surface area contributed by atoms with Crippen LogP contribution in [-0.2, 0) is 0 Å². The summed E-state index contributed by atoms with van der Waals surface area (Å²) >= 11 is 1.54. The molecule has 0 radical (unpaired) electrons. The monoisotopic (exact) mass is 368 g/mol. The third-order valence-electron chi connectivity index (χ3n) is 4.39. The summed E-state index contributed by atoms with van der Waals surface area (Å²) in [5.74, 6) is 2.13. The van der Waals surface area contributed by atoms with Crippen LogP contribution < -0.4 is 4.74 Å². The lowest BCUT2D eigenvalue weighted by Crippen LogP contribution is -2.21. The maximum Gasteiger partial charge on any atom is 0.127 e. The quantitative estimate of drug-likeness (QED) is 0.516. The van der Waals surface area contributed by atoms with E-state index in [0.29, 0.717) is 5.75 Å². The van der Waals surface area contributed by atoms with Gasteiger partial charge in [-0.1, -0.05) is 30.3 Å². The summed E-state index contributed by atoms with van der Waals surface area (Å²) in [6.45, 7) is 8.29. The second kappa shape index (κ2) is 8.06. The van der Waals surface area contributed by atoms with Crippen molar-refractivity contribution in [3.8, 4) is 5.75 Å². The molecule has 3 aromatic rings. The predicted octanol–water partition coefficient (Wildman–Crippen LogP) is 4.40. The molecular formula is C21H24N2O2S. The summed E-state index contributed by atoms with van der Waals surface area (Å²) in [5.41, 5.74) is 4.34. The first kappa shape index (κ1) is 18.7. The van der Waals surface area contributed by atoms with Gasteiger partial charge in [-0.05, 0) is 50.5 Å². The van der Waals surface area contributed by atoms with Crippen LogP contribution in [0, 0.1) is 27.7 Å². The third kappa shape index (κ3) is 4.17. The van der Waals surface area contributed by atoms with Gasteiger partial charge in [0, 0.05) is 11.1 Å². The zero-order valence-corrected chi connectivity index (χ0v) is 16.4. The Morgan fingerprint density at radius 1 is 1.00 bits per heavy atom. The molecule has 1 aromatic heterocycles. The van der Waals surface area contributed by atoms with Crippen LogP contribution >= 0.6 is 11.8 Å². The molecule has 26 heavy (non-hydrogen) atoms. The lowest BCUT2D eigenvalue weighted by atomic mass is 10.1. The molecule has 0 aliphatic rings. The highest BCUT2D eigenvalue weighted by molar-refractivity contribution is 7.99. The molecule has 1 heterocycles. The minimum Gasteiger partial charge on any atom is -0.490 e. The maximum atomic E-state index is 10.4. The van der Waals surface area contributed by atoms with Crippen molar-refractivity contribution < 1.29 is 9.84 Å². The average Bonchev–Trinajstić information content (AvgIpc) is 2.62. The molecule has 0 aliphatic carbocycles. The van der Waals surface area contributed by atoms with Gasteiger partial charge in [0.1, 0.15) is 23.2 Å². The van der Waals surface area contributed by atoms with Gasteiger partial charge in [-0.3, -0.25) is 0 Å². The Morgan fingerprint density at radius 3 is 2.54 bits per heavy atom. The molecule has 2 aromatic carbocycles. The van der Waals surface area contributed by atoms with E-state index in [9.17, 15) is 5.11 Å². The van der Waals surface area contributed by atoms with Gasteiger partial charge in [0.05, 0.1) is 11.6 Å². The van der Waals surface area contributed by atoms with Gasteiger partial charge in [-0.2, -0.15) is 0 Å². The van der Waals surface area contributed by atoms with Gasteiger partial charge in [-0.25, -0.2) is 9.97 Å². The number of nitrogens with zero attached hydrogens (tertiary/aromatic N) is 2. The first-order valence-electron chi connectivity index (χ1n) is 8.69. The molecular weight excluding hydrogens is 344 g/mol. The maximum absolute atomic E-state index is 10.4. The second-order valence-electron chi connectivity index (χ2n) is 6.52. The predicted molar refractivity (Wildman–Crippen MR) is 107 cm³/mol. The molecule has 0 bridgehead atoms. The highest BCUT2D eigenvalue weighted by atomic mass is 32.2. The number of benzene rings is 2. The Balaban J connectivity index is 1.65. The topological polar surface area (TPSA) is 55.2 Å². The third-order valence-corrected chi connectivity index (χ3v) is 5.52. The molecule has 4 nitrogen and oxygen atoms in total. The van der Waals surface area contributed by atoms with E-state index in [-0.39, 0.29) is 6.61 Å². The smallest absolute Gasteiger partial charge is 0.127 e. The second-order valence-corrected chi connectivity index (χ2v) is 7.53. The number of aryl methyl sites for hydroxylation is 3. The van der Waals surface area contributed by atoms with Crippen molar-refractivity contribution in [1.82, 2.24) is 9.97 Å². The van der Waals surface area contributed by atoms with Crippen molar-refractivity contribution in [2.75, 3.05) is 12.4 Å². The Labute approximate surface area is 158 Å². The van der Waals surface area contributed by atoms with Crippen LogP contribution in [0.15, 0.2) is 41.4 Å². The van der Waals surface area contributed by atoms with E-state index >= 15 is 0 Å². The number of aromatic nitrogens is 2. The molecule has 1 N–H and O–H groups in total. The summed E-state index contributed by atoms with van der Waals surface area (Å²) in [6.07, 6.45) is -0.576. The summed E-state index contributed by atoms with van der Waals surface area (Å²) in [6, 6.07) is 12.1. The van der Waals surface area contributed by atoms with Crippen LogP contribution in [0.2, 0.25) is 0 Å². The summed E-state index contributed by atoms with van der Waals surface area (Å²) in [5, 5.41) is 12.3. The SMILES string of the molecule is Cc1nc(SC[C@@H](O)COc2c(C)ccc(C)c2C)c2ccccc2n1. The van der Waals surface area contributed by atoms with E-state index in [2.05, 4.69) is 35.9 Å². The average molecular weight is 369 g/mol. The van der Waals surface area contributed by atoms with Crippen LogP contribution in [-0.4, -0.2) is 33.5 Å². The lowest BCUT2D eigenvalue weighted by Gasteiger charge is -2.17. The van der Waals surface area contributed by atoms with Gasteiger partial charge < -0.3 is 9.84 Å². The minimum atomic E-state index is -0.576. The van der Waals surface area contributed by atoms with Crippen LogP contribution in [0.5, 0.6) is 5.75 Å². The van der Waals surface area contributed by atoms with E-state index in [4.69, 9.17) is 4.74 Å². The number of hydrogen-bond acceptors (Lipinski definition) is 5. The van der Waals surface area contributed by atoms with Gasteiger partial charge in [-0.15, -0.1) is 11.8 Å². The number of para-hydroxylation sites is 1. The minimum absolute atomic E-state index is 0.264. The molecule has 0 fully saturated rings. The van der Waals surface area contributed by atoms with Crippen molar-refractivity contribution in [3.63, 3.8) is 0 Å². The number of ether oxygens (including phenoxy) is 1. The number of fused-ring (bicyclic) bond motifs is 1. The van der Waals surface area contributed by atoms with E-state index < -0.39 is 6.10 Å². The number of thioether (sulfide) groups is 1. The van der Waals surface area contributed by atoms with Crippen molar-refractivity contribution in [1.29, 1.82) is 0 Å². The summed E-state index contributed by atoms with van der Waals surface area (Å²) in [4.78, 5) is 8.99. The molecule has 0 aliphatic heterocycles. The molecule has 0 spiro atoms. The van der Waals surface area contributed by atoms with Gasteiger partial charge in [0.25, 0.3) is 0 Å². The first-order valence-corrected chi connectivity index (χ1v) is 9.68. The highest BCUT2D eigenvalue weighted by Crippen LogP contribution is 2.28. The van der Waals surface area contributed by atoms with E-state index in [1.54, 1.807) is 0 Å². The fourth-order valence-corrected chi connectivity index (χ4v) is 3.79. The van der Waals surface area contributed by atoms with Crippen LogP contribution in [0.3, 0.4) is 0 Å². The van der Waals surface area contributed by atoms with E-state index in [1.807, 2.05) is 38.1 Å². The molecule has 3 rings (SSSR count). The Hall–Kier alpha value is -2.11. The zero-order chi connectivity index (χ0) is 18.7. The summed E-state index contributed by atoms with van der Waals surface area (Å²) < 4.78 is 5.91. The van der Waals surface area contributed by atoms with E-state index in [0.717, 1.165) is 38.6 Å². The standard InChI is InChI=1S/C21H24N2O2S/c1-13-9-10-14(2)20(15(13)3)25-11-17(24)12-26-21-18-7-5-6-8-19(18)22-16(4)23-21/h5-10,17,24H,11-12H2,1-4H3/t17-/m0/s1. The van der Waals surface area contributed by atoms with Crippen molar-refractivity contribution in [2.45, 2.75) is 38.8 Å². The molecule has 5 heteroatoms. The van der Waals surface area contributed by atoms with Crippen molar-refractivity contribution in [2.24, 2.45) is 0 Å². The fraction of sp³-hybridized carbons (Fsp3) is 0.333. The van der Waals surface area contributed by atoms with Gasteiger partial charge in [0.15, 0.2) is 0 Å². The molecule has 1 atom stereocenters. The Kier molecular flexibility index (Phi) is 5.79. The molecule has 0 unspecified atom stereocenters. The number of aliphatic hydroxyl groups excluding tert-OH is 1. The van der Waals surface area contributed by atoms with Crippen LogP contribution in [0.1, 0.15) is 22.5 Å². The van der Waals surface area contributed by atoms with E-state index in [1.165, 1.54) is 17.3 Å². The summed E-state index contributed by atoms with van der Waals surface area (Å²) in [7, 11) is 0. The lowest BCUT2D eigenvalue weighted by molar-refractivity contribution is 0.125. The molecule has 0 saturated heterocycles. The largest absolute Gasteiger partial charge is 0.490 e. The highest BCUT2D eigenvalue weighted by Gasteiger charge is 2.13. The fourth-order valence-electron chi connectivity index (χ4n) is 2.82. The van der Waals surface area contributed by atoms with Gasteiger partial charge >= 0.3 is 0 Å². The molecule has 136 valence electrons. The molecule has 0 saturated carbocycles. The number of hydrogen-bond donors (Lipinski definition) is 1. The van der Waals surface area contributed by atoms with Crippen LogP contribution in [0.25, 0.3) is 10.9 Å². The molecule has 0 amide bonds. The Morgan fingerprint density at radius 2 is 1.73 bits per heavy atom. The number of aliphatic hydroxyl groups is 1. The van der Waals surface area contributed by atoms with Crippen molar-refractivity contribution >= 4 is 22.7 Å². The first-order chi connectivity index (χ1) is 12.5. The Bertz CT molecular complexity index is 927. The number of rotatable bonds is 6. The van der Waals surface area contributed by atoms with Gasteiger partial charge in [0.2, 0.25) is 0 Å².